The van der Waals surface area contributed by atoms with Crippen LogP contribution in [-0.4, -0.2) is 5.91 Å². The number of benzene rings is 4. The van der Waals surface area contributed by atoms with Gasteiger partial charge < -0.3 is 10.1 Å². The Bertz CT molecular complexity index is 1180. The summed E-state index contributed by atoms with van der Waals surface area (Å²) in [5, 5.41) is 5.40. The van der Waals surface area contributed by atoms with E-state index >= 15 is 0 Å². The fourth-order valence-corrected chi connectivity index (χ4v) is 4.17. The number of carbonyl (C=O) groups is 1. The summed E-state index contributed by atoms with van der Waals surface area (Å²) < 4.78 is 6.21. The third-order valence-corrected chi connectivity index (χ3v) is 5.51. The number of hydrogen-bond acceptors (Lipinski definition) is 2. The maximum Gasteiger partial charge on any atom is 0.225 e. The maximum atomic E-state index is 12.5. The van der Waals surface area contributed by atoms with Crippen LogP contribution in [0.5, 0.6) is 5.75 Å². The minimum atomic E-state index is -0.0446. The lowest BCUT2D eigenvalue weighted by Crippen LogP contribution is -2.24. The molecule has 0 saturated carbocycles. The van der Waals surface area contributed by atoms with Crippen LogP contribution in [0.4, 0.5) is 5.69 Å². The van der Waals surface area contributed by atoms with Gasteiger partial charge in [0.15, 0.2) is 0 Å². The van der Waals surface area contributed by atoms with Gasteiger partial charge in [0.2, 0.25) is 5.91 Å². The molecule has 1 heterocycles. The average Bonchev–Trinajstić information content (AvgIpc) is 2.78. The highest BCUT2D eigenvalue weighted by Gasteiger charge is 2.30. The fraction of sp³-hybridized carbons (Fsp3) is 0.115. The number of nitrogens with one attached hydrogen (secondary N) is 1. The summed E-state index contributed by atoms with van der Waals surface area (Å²) in [6.45, 7) is 0.499. The molecule has 1 aliphatic rings. The highest BCUT2D eigenvalue weighted by Crippen LogP contribution is 2.44. The summed E-state index contributed by atoms with van der Waals surface area (Å²) in [7, 11) is 0. The molecular weight excluding hydrogens is 358 g/mol. The highest BCUT2D eigenvalue weighted by atomic mass is 16.5. The van der Waals surface area contributed by atoms with Crippen molar-refractivity contribution >= 4 is 22.4 Å². The molecule has 3 nitrogen and oxygen atoms in total. The van der Waals surface area contributed by atoms with Crippen molar-refractivity contribution in [3.8, 4) is 5.75 Å². The molecule has 142 valence electrons. The second-order valence-corrected chi connectivity index (χ2v) is 7.36. The topological polar surface area (TPSA) is 38.3 Å². The number of fused-ring (bicyclic) bond motifs is 3. The van der Waals surface area contributed by atoms with Gasteiger partial charge in [-0.1, -0.05) is 78.9 Å². The third kappa shape index (κ3) is 3.36. The van der Waals surface area contributed by atoms with Crippen LogP contribution in [0.3, 0.4) is 0 Å². The Morgan fingerprint density at radius 3 is 2.48 bits per heavy atom. The lowest BCUT2D eigenvalue weighted by molar-refractivity contribution is -0.116. The average molecular weight is 379 g/mol. The Balaban J connectivity index is 1.59. The predicted octanol–water partition coefficient (Wildman–Crippen LogP) is 5.89. The van der Waals surface area contributed by atoms with Gasteiger partial charge in [0.25, 0.3) is 0 Å². The van der Waals surface area contributed by atoms with E-state index in [0.717, 1.165) is 22.6 Å². The van der Waals surface area contributed by atoms with Crippen LogP contribution in [0, 0.1) is 0 Å². The van der Waals surface area contributed by atoms with E-state index < -0.39 is 0 Å². The van der Waals surface area contributed by atoms with Crippen LogP contribution in [-0.2, 0) is 11.4 Å². The molecule has 0 spiro atoms. The van der Waals surface area contributed by atoms with Gasteiger partial charge >= 0.3 is 0 Å². The standard InChI is InChI=1S/C26H21NO2/c28-25-16-22(26-20-11-5-4-10-19(20)14-15-23(26)27-25)21-12-6-7-13-24(21)29-17-18-8-2-1-3-9-18/h1-15,22H,16-17H2,(H,27,28)/t22-/m1/s1. The molecule has 1 N–H and O–H groups in total. The summed E-state index contributed by atoms with van der Waals surface area (Å²) in [5.74, 6) is 0.822. The Morgan fingerprint density at radius 1 is 0.828 bits per heavy atom. The second-order valence-electron chi connectivity index (χ2n) is 7.36. The predicted molar refractivity (Wildman–Crippen MR) is 116 cm³/mol. The normalized spacial score (nSPS) is 15.6. The molecule has 4 aromatic rings. The number of ether oxygens (including phenoxy) is 1. The van der Waals surface area contributed by atoms with Crippen LogP contribution in [0.15, 0.2) is 91.0 Å². The summed E-state index contributed by atoms with van der Waals surface area (Å²) in [6, 6.07) is 30.6. The summed E-state index contributed by atoms with van der Waals surface area (Å²) in [5.41, 5.74) is 4.23. The molecule has 1 aliphatic heterocycles. The van der Waals surface area contributed by atoms with Crippen molar-refractivity contribution in [1.29, 1.82) is 0 Å². The zero-order chi connectivity index (χ0) is 19.6. The maximum absolute atomic E-state index is 12.5. The molecule has 4 aromatic carbocycles. The molecule has 1 atom stereocenters. The van der Waals surface area contributed by atoms with Crippen molar-refractivity contribution in [3.63, 3.8) is 0 Å². The van der Waals surface area contributed by atoms with E-state index in [-0.39, 0.29) is 11.8 Å². The lowest BCUT2D eigenvalue weighted by atomic mass is 9.81. The van der Waals surface area contributed by atoms with Gasteiger partial charge in [-0.3, -0.25) is 4.79 Å². The summed E-state index contributed by atoms with van der Waals surface area (Å²) >= 11 is 0. The number of anilines is 1. The van der Waals surface area contributed by atoms with Gasteiger partial charge in [-0.05, 0) is 34.0 Å². The van der Waals surface area contributed by atoms with E-state index in [0.29, 0.717) is 13.0 Å². The van der Waals surface area contributed by atoms with Crippen molar-refractivity contribution in [2.75, 3.05) is 5.32 Å². The summed E-state index contributed by atoms with van der Waals surface area (Å²) in [6.07, 6.45) is 0.409. The molecule has 0 radical (unpaired) electrons. The third-order valence-electron chi connectivity index (χ3n) is 5.51. The fourth-order valence-electron chi connectivity index (χ4n) is 4.17. The van der Waals surface area contributed by atoms with Crippen molar-refractivity contribution in [2.45, 2.75) is 18.9 Å². The van der Waals surface area contributed by atoms with Crippen LogP contribution in [0.2, 0.25) is 0 Å². The van der Waals surface area contributed by atoms with Gasteiger partial charge in [-0.15, -0.1) is 0 Å². The van der Waals surface area contributed by atoms with E-state index in [1.165, 1.54) is 16.3 Å². The first-order chi connectivity index (χ1) is 14.3. The van der Waals surface area contributed by atoms with Crippen molar-refractivity contribution in [3.05, 3.63) is 108 Å². The van der Waals surface area contributed by atoms with E-state index in [4.69, 9.17) is 4.74 Å². The number of hydrogen-bond donors (Lipinski definition) is 1. The van der Waals surface area contributed by atoms with Crippen LogP contribution in [0.25, 0.3) is 10.8 Å². The van der Waals surface area contributed by atoms with Gasteiger partial charge in [0, 0.05) is 23.6 Å². The molecule has 0 aromatic heterocycles. The summed E-state index contributed by atoms with van der Waals surface area (Å²) in [4.78, 5) is 12.5. The Kier molecular flexibility index (Phi) is 4.49. The van der Waals surface area contributed by atoms with E-state index in [1.54, 1.807) is 0 Å². The van der Waals surface area contributed by atoms with E-state index in [2.05, 4.69) is 41.7 Å². The van der Waals surface area contributed by atoms with Crippen LogP contribution < -0.4 is 10.1 Å². The quantitative estimate of drug-likeness (QED) is 0.480. The van der Waals surface area contributed by atoms with E-state index in [9.17, 15) is 4.79 Å². The molecule has 0 fully saturated rings. The van der Waals surface area contributed by atoms with Crippen molar-refractivity contribution < 1.29 is 9.53 Å². The minimum absolute atomic E-state index is 0.0376. The largest absolute Gasteiger partial charge is 0.489 e. The first kappa shape index (κ1) is 17.5. The Morgan fingerprint density at radius 2 is 1.59 bits per heavy atom. The van der Waals surface area contributed by atoms with Crippen molar-refractivity contribution in [2.24, 2.45) is 0 Å². The monoisotopic (exact) mass is 379 g/mol. The Labute approximate surface area is 170 Å². The SMILES string of the molecule is O=C1C[C@H](c2ccccc2OCc2ccccc2)c2c(ccc3ccccc23)N1. The molecular formula is C26H21NO2. The van der Waals surface area contributed by atoms with Crippen molar-refractivity contribution in [1.82, 2.24) is 0 Å². The second kappa shape index (κ2) is 7.44. The zero-order valence-corrected chi connectivity index (χ0v) is 16.0. The Hall–Kier alpha value is -3.59. The number of rotatable bonds is 4. The lowest BCUT2D eigenvalue weighted by Gasteiger charge is -2.29. The van der Waals surface area contributed by atoms with Gasteiger partial charge in [-0.25, -0.2) is 0 Å². The molecule has 0 unspecified atom stereocenters. The molecule has 5 rings (SSSR count). The van der Waals surface area contributed by atoms with Gasteiger partial charge in [-0.2, -0.15) is 0 Å². The van der Waals surface area contributed by atoms with Gasteiger partial charge in [0.1, 0.15) is 12.4 Å². The smallest absolute Gasteiger partial charge is 0.225 e. The minimum Gasteiger partial charge on any atom is -0.489 e. The van der Waals surface area contributed by atoms with Crippen LogP contribution >= 0.6 is 0 Å². The van der Waals surface area contributed by atoms with Crippen LogP contribution in [0.1, 0.15) is 29.0 Å². The number of carbonyl (C=O) groups excluding carboxylic acids is 1. The molecule has 3 heteroatoms. The molecule has 1 amide bonds. The zero-order valence-electron chi connectivity index (χ0n) is 16.0. The molecule has 0 bridgehead atoms. The molecule has 0 saturated heterocycles. The number of para-hydroxylation sites is 1. The van der Waals surface area contributed by atoms with Gasteiger partial charge in [0.05, 0.1) is 0 Å². The molecule has 29 heavy (non-hydrogen) atoms. The number of amides is 1. The first-order valence-electron chi connectivity index (χ1n) is 9.87. The van der Waals surface area contributed by atoms with E-state index in [1.807, 2.05) is 54.6 Å². The molecule has 0 aliphatic carbocycles. The highest BCUT2D eigenvalue weighted by molar-refractivity contribution is 6.01. The first-order valence-corrected chi connectivity index (χ1v) is 9.87.